The van der Waals surface area contributed by atoms with Crippen LogP contribution in [0.1, 0.15) is 32.3 Å². The Bertz CT molecular complexity index is 405. The molecule has 20 heavy (non-hydrogen) atoms. The van der Waals surface area contributed by atoms with Crippen LogP contribution in [0.25, 0.3) is 0 Å². The summed E-state index contributed by atoms with van der Waals surface area (Å²) in [6.45, 7) is 4.42. The summed E-state index contributed by atoms with van der Waals surface area (Å²) in [5, 5.41) is 2.99. The van der Waals surface area contributed by atoms with Crippen molar-refractivity contribution in [2.45, 2.75) is 33.1 Å². The Morgan fingerprint density at radius 3 is 2.30 bits per heavy atom. The molecular weight excluding hydrogens is 268 g/mol. The first-order valence-electron chi connectivity index (χ1n) is 7.21. The largest absolute Gasteiger partial charge is 0.329 e. The number of carbonyl (C=O) groups excluding carboxylic acids is 1. The smallest absolute Gasteiger partial charge is 0.231 e. The summed E-state index contributed by atoms with van der Waals surface area (Å²) in [6, 6.07) is 8.10. The third-order valence-electron chi connectivity index (χ3n) is 4.03. The van der Waals surface area contributed by atoms with Crippen molar-refractivity contribution in [3.63, 3.8) is 0 Å². The van der Waals surface area contributed by atoms with E-state index in [0.29, 0.717) is 6.54 Å². The summed E-state index contributed by atoms with van der Waals surface area (Å²) >= 11 is 1.84. The van der Waals surface area contributed by atoms with Gasteiger partial charge in [0.15, 0.2) is 0 Å². The topological polar surface area (TPSA) is 55.1 Å². The molecule has 1 aromatic rings. The van der Waals surface area contributed by atoms with Gasteiger partial charge in [-0.15, -0.1) is 0 Å². The fraction of sp³-hybridized carbons (Fsp3) is 0.562. The van der Waals surface area contributed by atoms with E-state index in [4.69, 9.17) is 5.73 Å². The molecule has 1 aromatic carbocycles. The first-order chi connectivity index (χ1) is 9.61. The van der Waals surface area contributed by atoms with Gasteiger partial charge in [-0.25, -0.2) is 0 Å². The molecule has 0 bridgehead atoms. The number of amides is 1. The molecule has 0 aromatic heterocycles. The SMILES string of the molecule is CCC(CC)(CN)C(=O)Nc1ccc(CCSC)cc1. The predicted molar refractivity (Wildman–Crippen MR) is 89.2 cm³/mol. The number of hydrogen-bond acceptors (Lipinski definition) is 3. The van der Waals surface area contributed by atoms with Crippen LogP contribution >= 0.6 is 11.8 Å². The molecule has 0 radical (unpaired) electrons. The molecule has 3 nitrogen and oxygen atoms in total. The minimum Gasteiger partial charge on any atom is -0.329 e. The first kappa shape index (κ1) is 17.1. The summed E-state index contributed by atoms with van der Waals surface area (Å²) in [7, 11) is 0. The third-order valence-corrected chi connectivity index (χ3v) is 4.65. The highest BCUT2D eigenvalue weighted by Gasteiger charge is 2.33. The lowest BCUT2D eigenvalue weighted by atomic mass is 9.81. The molecule has 0 atom stereocenters. The van der Waals surface area contributed by atoms with Gasteiger partial charge in [0, 0.05) is 12.2 Å². The zero-order valence-corrected chi connectivity index (χ0v) is 13.6. The van der Waals surface area contributed by atoms with E-state index in [2.05, 4.69) is 23.7 Å². The highest BCUT2D eigenvalue weighted by Crippen LogP contribution is 2.27. The van der Waals surface area contributed by atoms with E-state index in [0.717, 1.165) is 30.7 Å². The van der Waals surface area contributed by atoms with Crippen LogP contribution in [0.15, 0.2) is 24.3 Å². The lowest BCUT2D eigenvalue weighted by Gasteiger charge is -2.28. The molecule has 0 saturated carbocycles. The predicted octanol–water partition coefficient (Wildman–Crippen LogP) is 3.30. The Kier molecular flexibility index (Phi) is 7.10. The van der Waals surface area contributed by atoms with E-state index in [-0.39, 0.29) is 5.91 Å². The molecule has 3 N–H and O–H groups in total. The Balaban J connectivity index is 2.70. The number of aryl methyl sites for hydroxylation is 1. The van der Waals surface area contributed by atoms with Crippen LogP contribution in [0.5, 0.6) is 0 Å². The minimum absolute atomic E-state index is 0.0295. The highest BCUT2D eigenvalue weighted by molar-refractivity contribution is 7.98. The molecule has 0 spiro atoms. The molecule has 1 amide bonds. The first-order valence-corrected chi connectivity index (χ1v) is 8.60. The van der Waals surface area contributed by atoms with Crippen LogP contribution in [0.3, 0.4) is 0 Å². The van der Waals surface area contributed by atoms with Crippen LogP contribution in [0.4, 0.5) is 5.69 Å². The van der Waals surface area contributed by atoms with Gasteiger partial charge in [0.05, 0.1) is 5.41 Å². The van der Waals surface area contributed by atoms with Gasteiger partial charge in [0.25, 0.3) is 0 Å². The number of thioether (sulfide) groups is 1. The zero-order valence-electron chi connectivity index (χ0n) is 12.7. The van der Waals surface area contributed by atoms with Gasteiger partial charge in [-0.05, 0) is 49.0 Å². The van der Waals surface area contributed by atoms with Crippen molar-refractivity contribution in [1.29, 1.82) is 0 Å². The highest BCUT2D eigenvalue weighted by atomic mass is 32.2. The average molecular weight is 294 g/mol. The van der Waals surface area contributed by atoms with Gasteiger partial charge >= 0.3 is 0 Å². The van der Waals surface area contributed by atoms with E-state index in [9.17, 15) is 4.79 Å². The maximum absolute atomic E-state index is 12.4. The molecule has 0 heterocycles. The zero-order chi connectivity index (χ0) is 15.0. The second-order valence-electron chi connectivity index (χ2n) is 5.09. The quantitative estimate of drug-likeness (QED) is 0.773. The van der Waals surface area contributed by atoms with Crippen LogP contribution in [-0.4, -0.2) is 24.5 Å². The van der Waals surface area contributed by atoms with E-state index in [1.165, 1.54) is 5.56 Å². The third kappa shape index (κ3) is 4.25. The number of benzene rings is 1. The monoisotopic (exact) mass is 294 g/mol. The lowest BCUT2D eigenvalue weighted by Crippen LogP contribution is -2.41. The number of rotatable bonds is 8. The Hall–Kier alpha value is -1.00. The number of carbonyl (C=O) groups is 1. The average Bonchev–Trinajstić information content (AvgIpc) is 2.49. The second kappa shape index (κ2) is 8.32. The molecule has 112 valence electrons. The number of anilines is 1. The van der Waals surface area contributed by atoms with Gasteiger partial charge in [-0.2, -0.15) is 11.8 Å². The van der Waals surface area contributed by atoms with Gasteiger partial charge < -0.3 is 11.1 Å². The Morgan fingerprint density at radius 2 is 1.85 bits per heavy atom. The summed E-state index contributed by atoms with van der Waals surface area (Å²) < 4.78 is 0. The van der Waals surface area contributed by atoms with Gasteiger partial charge in [0.1, 0.15) is 0 Å². The Morgan fingerprint density at radius 1 is 1.25 bits per heavy atom. The van der Waals surface area contributed by atoms with Crippen LogP contribution in [0.2, 0.25) is 0 Å². The molecule has 4 heteroatoms. The van der Waals surface area contributed by atoms with Crippen molar-refractivity contribution in [3.05, 3.63) is 29.8 Å². The van der Waals surface area contributed by atoms with Crippen molar-refractivity contribution in [1.82, 2.24) is 0 Å². The van der Waals surface area contributed by atoms with Crippen LogP contribution in [-0.2, 0) is 11.2 Å². The van der Waals surface area contributed by atoms with Crippen molar-refractivity contribution >= 4 is 23.4 Å². The fourth-order valence-corrected chi connectivity index (χ4v) is 2.63. The molecule has 0 unspecified atom stereocenters. The van der Waals surface area contributed by atoms with Crippen molar-refractivity contribution < 1.29 is 4.79 Å². The minimum atomic E-state index is -0.447. The van der Waals surface area contributed by atoms with E-state index >= 15 is 0 Å². The van der Waals surface area contributed by atoms with E-state index in [1.807, 2.05) is 37.7 Å². The second-order valence-corrected chi connectivity index (χ2v) is 6.07. The lowest BCUT2D eigenvalue weighted by molar-refractivity contribution is -0.125. The molecule has 0 aliphatic rings. The fourth-order valence-electron chi connectivity index (χ4n) is 2.19. The van der Waals surface area contributed by atoms with Gasteiger partial charge in [-0.3, -0.25) is 4.79 Å². The normalized spacial score (nSPS) is 11.4. The number of hydrogen-bond donors (Lipinski definition) is 2. The Labute approximate surface area is 126 Å². The van der Waals surface area contributed by atoms with E-state index in [1.54, 1.807) is 0 Å². The molecule has 1 rings (SSSR count). The summed E-state index contributed by atoms with van der Waals surface area (Å²) in [5.74, 6) is 1.15. The number of nitrogens with one attached hydrogen (secondary N) is 1. The number of nitrogens with two attached hydrogens (primary N) is 1. The van der Waals surface area contributed by atoms with Crippen LogP contribution in [0, 0.1) is 5.41 Å². The molecule has 0 fully saturated rings. The molecule has 0 saturated heterocycles. The summed E-state index contributed by atoms with van der Waals surface area (Å²) in [6.07, 6.45) is 4.69. The maximum Gasteiger partial charge on any atom is 0.231 e. The van der Waals surface area contributed by atoms with Crippen molar-refractivity contribution in [2.75, 3.05) is 23.9 Å². The van der Waals surface area contributed by atoms with Crippen molar-refractivity contribution in [3.8, 4) is 0 Å². The molecule has 0 aliphatic carbocycles. The standard InChI is InChI=1S/C16H26N2OS/c1-4-16(5-2,12-17)15(19)18-14-8-6-13(7-9-14)10-11-20-3/h6-9H,4-5,10-12,17H2,1-3H3,(H,18,19). The molecular formula is C16H26N2OS. The van der Waals surface area contributed by atoms with Crippen molar-refractivity contribution in [2.24, 2.45) is 11.1 Å². The van der Waals surface area contributed by atoms with Gasteiger partial charge in [0.2, 0.25) is 5.91 Å². The molecule has 0 aliphatic heterocycles. The van der Waals surface area contributed by atoms with E-state index < -0.39 is 5.41 Å². The maximum atomic E-state index is 12.4. The van der Waals surface area contributed by atoms with Gasteiger partial charge in [-0.1, -0.05) is 26.0 Å². The summed E-state index contributed by atoms with van der Waals surface area (Å²) in [4.78, 5) is 12.4. The van der Waals surface area contributed by atoms with Crippen LogP contribution < -0.4 is 11.1 Å². The summed E-state index contributed by atoms with van der Waals surface area (Å²) in [5.41, 5.74) is 7.50.